The molecule has 0 spiro atoms. The number of carbonyl (C=O) groups excluding carboxylic acids is 1. The summed E-state index contributed by atoms with van der Waals surface area (Å²) in [6.45, 7) is 3.70. The van der Waals surface area contributed by atoms with E-state index < -0.39 is 48.0 Å². The average molecular weight is 337 g/mol. The molecule has 1 heterocycles. The summed E-state index contributed by atoms with van der Waals surface area (Å²) in [5, 5.41) is 22.2. The highest BCUT2D eigenvalue weighted by molar-refractivity contribution is 5.95. The minimum atomic E-state index is -4.72. The minimum Gasteiger partial charge on any atom is -0.396 e. The molecule has 0 aliphatic rings. The molecule has 1 aromatic rings. The molecule has 0 aliphatic heterocycles. The van der Waals surface area contributed by atoms with E-state index in [1.165, 1.54) is 27.8 Å². The fourth-order valence-electron chi connectivity index (χ4n) is 2.19. The van der Waals surface area contributed by atoms with Crippen molar-refractivity contribution >= 4 is 5.91 Å². The fourth-order valence-corrected chi connectivity index (χ4v) is 2.19. The molecule has 0 atom stereocenters. The number of carbonyl (C=O) groups is 1. The zero-order valence-electron chi connectivity index (χ0n) is 13.6. The van der Waals surface area contributed by atoms with Gasteiger partial charge in [-0.15, -0.1) is 0 Å². The molecule has 0 unspecified atom stereocenters. The average Bonchev–Trinajstić information content (AvgIpc) is 2.91. The van der Waals surface area contributed by atoms with Crippen molar-refractivity contribution in [3.05, 3.63) is 17.5 Å². The Kier molecular flexibility index (Phi) is 5.81. The zero-order valence-corrected chi connectivity index (χ0v) is 13.6. The van der Waals surface area contributed by atoms with Crippen LogP contribution in [0, 0.1) is 5.41 Å². The Morgan fingerprint density at radius 1 is 1.35 bits per heavy atom. The molecular weight excluding hydrogens is 315 g/mol. The van der Waals surface area contributed by atoms with Gasteiger partial charge in [0.25, 0.3) is 5.91 Å². The van der Waals surface area contributed by atoms with E-state index in [1.54, 1.807) is 0 Å². The van der Waals surface area contributed by atoms with E-state index in [2.05, 4.69) is 5.10 Å². The molecule has 6 nitrogen and oxygen atoms in total. The number of halogens is 3. The molecule has 0 bridgehead atoms. The van der Waals surface area contributed by atoms with Gasteiger partial charge in [0, 0.05) is 25.0 Å². The molecule has 0 fully saturated rings. The maximum Gasteiger partial charge on any atom is 0.433 e. The van der Waals surface area contributed by atoms with Crippen LogP contribution < -0.4 is 0 Å². The van der Waals surface area contributed by atoms with Crippen LogP contribution in [-0.2, 0) is 6.18 Å². The van der Waals surface area contributed by atoms with Gasteiger partial charge >= 0.3 is 6.18 Å². The van der Waals surface area contributed by atoms with Crippen molar-refractivity contribution in [2.24, 2.45) is 5.41 Å². The van der Waals surface area contributed by atoms with Gasteiger partial charge in [0.15, 0.2) is 5.69 Å². The summed E-state index contributed by atoms with van der Waals surface area (Å²) in [5.41, 5.74) is -2.65. The Balaban J connectivity index is 3.19. The summed E-state index contributed by atoms with van der Waals surface area (Å²) >= 11 is 0. The Hall–Kier alpha value is -1.61. The fraction of sp³-hybridized carbons (Fsp3) is 0.714. The molecule has 132 valence electrons. The largest absolute Gasteiger partial charge is 0.433 e. The van der Waals surface area contributed by atoms with Crippen molar-refractivity contribution in [2.75, 3.05) is 26.8 Å². The van der Waals surface area contributed by atoms with E-state index in [9.17, 15) is 28.2 Å². The maximum absolute atomic E-state index is 13.3. The third kappa shape index (κ3) is 4.23. The van der Waals surface area contributed by atoms with Crippen LogP contribution in [0.15, 0.2) is 6.20 Å². The highest BCUT2D eigenvalue weighted by atomic mass is 19.4. The van der Waals surface area contributed by atoms with E-state index in [0.29, 0.717) is 0 Å². The highest BCUT2D eigenvalue weighted by Gasteiger charge is 2.41. The van der Waals surface area contributed by atoms with Gasteiger partial charge in [0.05, 0.1) is 25.0 Å². The molecule has 0 saturated carbocycles. The van der Waals surface area contributed by atoms with E-state index in [4.69, 9.17) is 0 Å². The van der Waals surface area contributed by atoms with Gasteiger partial charge < -0.3 is 15.1 Å². The number of hydrogen-bond donors (Lipinski definition) is 2. The first-order chi connectivity index (χ1) is 10.5. The summed E-state index contributed by atoms with van der Waals surface area (Å²) in [4.78, 5) is 13.4. The maximum atomic E-state index is 13.3. The van der Waals surface area contributed by atoms with Gasteiger partial charge in [-0.2, -0.15) is 18.3 Å². The van der Waals surface area contributed by atoms with Gasteiger partial charge in [-0.3, -0.25) is 9.48 Å². The second kappa shape index (κ2) is 6.88. The van der Waals surface area contributed by atoms with Crippen molar-refractivity contribution in [1.82, 2.24) is 14.7 Å². The van der Waals surface area contributed by atoms with Gasteiger partial charge in [0.1, 0.15) is 0 Å². The van der Waals surface area contributed by atoms with E-state index in [0.717, 1.165) is 15.8 Å². The van der Waals surface area contributed by atoms with Gasteiger partial charge in [-0.25, -0.2) is 0 Å². The van der Waals surface area contributed by atoms with Crippen molar-refractivity contribution in [3.63, 3.8) is 0 Å². The lowest BCUT2D eigenvalue weighted by Gasteiger charge is -2.30. The Morgan fingerprint density at radius 3 is 2.26 bits per heavy atom. The van der Waals surface area contributed by atoms with E-state index in [1.807, 2.05) is 0 Å². The lowest BCUT2D eigenvalue weighted by molar-refractivity contribution is -0.145. The van der Waals surface area contributed by atoms with Crippen molar-refractivity contribution in [2.45, 2.75) is 33.0 Å². The number of aliphatic hydroxyl groups excluding tert-OH is 2. The second-order valence-electron chi connectivity index (χ2n) is 6.23. The number of alkyl halides is 3. The number of rotatable bonds is 6. The van der Waals surface area contributed by atoms with Gasteiger partial charge in [-0.05, 0) is 13.8 Å². The number of hydrogen-bond acceptors (Lipinski definition) is 4. The monoisotopic (exact) mass is 337 g/mol. The SMILES string of the molecule is CC(C)n1ncc(C(=O)N(C)CC(C)(CO)CO)c1C(F)(F)F. The molecule has 0 aromatic carbocycles. The number of nitrogens with zero attached hydrogens (tertiary/aromatic N) is 3. The lowest BCUT2D eigenvalue weighted by atomic mass is 9.92. The summed E-state index contributed by atoms with van der Waals surface area (Å²) < 4.78 is 40.6. The second-order valence-corrected chi connectivity index (χ2v) is 6.23. The highest BCUT2D eigenvalue weighted by Crippen LogP contribution is 2.34. The number of aromatic nitrogens is 2. The third-order valence-corrected chi connectivity index (χ3v) is 3.51. The van der Waals surface area contributed by atoms with Crippen molar-refractivity contribution in [1.29, 1.82) is 0 Å². The Morgan fingerprint density at radius 2 is 1.87 bits per heavy atom. The van der Waals surface area contributed by atoms with Crippen LogP contribution in [0.1, 0.15) is 42.9 Å². The topological polar surface area (TPSA) is 78.6 Å². The molecule has 1 amide bonds. The zero-order chi connectivity index (χ0) is 18.0. The van der Waals surface area contributed by atoms with Crippen LogP contribution in [0.5, 0.6) is 0 Å². The number of aliphatic hydroxyl groups is 2. The molecule has 1 aromatic heterocycles. The molecule has 0 saturated heterocycles. The van der Waals surface area contributed by atoms with Gasteiger partial charge in [-0.1, -0.05) is 6.92 Å². The first-order valence-corrected chi connectivity index (χ1v) is 7.08. The van der Waals surface area contributed by atoms with Crippen molar-refractivity contribution < 1.29 is 28.2 Å². The van der Waals surface area contributed by atoms with E-state index in [-0.39, 0.29) is 6.54 Å². The first kappa shape index (κ1) is 19.4. The molecule has 1 rings (SSSR count). The Bertz CT molecular complexity index is 551. The predicted molar refractivity (Wildman–Crippen MR) is 76.9 cm³/mol. The summed E-state index contributed by atoms with van der Waals surface area (Å²) in [6, 6.07) is -0.557. The molecule has 0 radical (unpaired) electrons. The van der Waals surface area contributed by atoms with Crippen LogP contribution in [0.2, 0.25) is 0 Å². The normalized spacial score (nSPS) is 12.8. The van der Waals surface area contributed by atoms with Crippen LogP contribution in [0.25, 0.3) is 0 Å². The first-order valence-electron chi connectivity index (χ1n) is 7.08. The quantitative estimate of drug-likeness (QED) is 0.825. The van der Waals surface area contributed by atoms with Crippen LogP contribution in [0.3, 0.4) is 0 Å². The predicted octanol–water partition coefficient (Wildman–Crippen LogP) is 1.55. The third-order valence-electron chi connectivity index (χ3n) is 3.51. The summed E-state index contributed by atoms with van der Waals surface area (Å²) in [7, 11) is 1.32. The minimum absolute atomic E-state index is 0.0943. The number of amides is 1. The molecule has 9 heteroatoms. The van der Waals surface area contributed by atoms with E-state index >= 15 is 0 Å². The molecule has 0 aliphatic carbocycles. The smallest absolute Gasteiger partial charge is 0.396 e. The van der Waals surface area contributed by atoms with Crippen LogP contribution >= 0.6 is 0 Å². The summed E-state index contributed by atoms with van der Waals surface area (Å²) in [6.07, 6.45) is -3.82. The molecular formula is C14H22F3N3O3. The van der Waals surface area contributed by atoms with Crippen molar-refractivity contribution in [3.8, 4) is 0 Å². The lowest BCUT2D eigenvalue weighted by Crippen LogP contribution is -2.42. The molecule has 2 N–H and O–H groups in total. The molecule has 23 heavy (non-hydrogen) atoms. The van der Waals surface area contributed by atoms with Crippen LogP contribution in [0.4, 0.5) is 13.2 Å². The summed E-state index contributed by atoms with van der Waals surface area (Å²) in [5.74, 6) is -0.864. The Labute approximate surface area is 132 Å². The van der Waals surface area contributed by atoms with Gasteiger partial charge in [0.2, 0.25) is 0 Å². The standard InChI is InChI=1S/C14H22F3N3O3/c1-9(2)20-11(14(15,16)17)10(5-18-20)12(23)19(4)6-13(3,7-21)8-22/h5,9,21-22H,6-8H2,1-4H3. The van der Waals surface area contributed by atoms with Crippen LogP contribution in [-0.4, -0.2) is 57.6 Å².